The van der Waals surface area contributed by atoms with Crippen molar-refractivity contribution < 1.29 is 14.3 Å². The summed E-state index contributed by atoms with van der Waals surface area (Å²) in [6.45, 7) is 3.87. The van der Waals surface area contributed by atoms with Crippen molar-refractivity contribution in [3.8, 4) is 0 Å². The van der Waals surface area contributed by atoms with Crippen LogP contribution in [-0.2, 0) is 14.3 Å². The lowest BCUT2D eigenvalue weighted by Crippen LogP contribution is -2.52. The zero-order valence-corrected chi connectivity index (χ0v) is 11.2. The number of piperidine rings is 1. The Hall–Kier alpha value is -0.650. The average molecular weight is 256 g/mol. The van der Waals surface area contributed by atoms with Gasteiger partial charge < -0.3 is 20.1 Å². The van der Waals surface area contributed by atoms with Gasteiger partial charge in [-0.2, -0.15) is 0 Å². The summed E-state index contributed by atoms with van der Waals surface area (Å²) in [5.74, 6) is 0.138. The summed E-state index contributed by atoms with van der Waals surface area (Å²) in [5.41, 5.74) is -0.184. The maximum atomic E-state index is 12.0. The van der Waals surface area contributed by atoms with Crippen LogP contribution in [0.15, 0.2) is 0 Å². The molecule has 5 heteroatoms. The summed E-state index contributed by atoms with van der Waals surface area (Å²) in [7, 11) is 1.74. The van der Waals surface area contributed by atoms with Crippen molar-refractivity contribution in [2.75, 3.05) is 40.0 Å². The van der Waals surface area contributed by atoms with Crippen LogP contribution in [0.3, 0.4) is 0 Å². The second kappa shape index (κ2) is 6.50. The fourth-order valence-corrected chi connectivity index (χ4v) is 2.68. The molecule has 18 heavy (non-hydrogen) atoms. The molecule has 0 aliphatic carbocycles. The first-order chi connectivity index (χ1) is 8.76. The van der Waals surface area contributed by atoms with Crippen LogP contribution >= 0.6 is 0 Å². The van der Waals surface area contributed by atoms with Crippen LogP contribution < -0.4 is 10.6 Å². The Bertz CT molecular complexity index is 271. The van der Waals surface area contributed by atoms with E-state index >= 15 is 0 Å². The van der Waals surface area contributed by atoms with Crippen molar-refractivity contribution in [3.05, 3.63) is 0 Å². The van der Waals surface area contributed by atoms with Gasteiger partial charge in [-0.05, 0) is 38.8 Å². The van der Waals surface area contributed by atoms with E-state index in [9.17, 15) is 4.79 Å². The first-order valence-corrected chi connectivity index (χ1v) is 6.87. The Morgan fingerprint density at radius 3 is 2.89 bits per heavy atom. The smallest absolute Gasteiger partial charge is 0.225 e. The molecule has 2 rings (SSSR count). The van der Waals surface area contributed by atoms with E-state index in [2.05, 4.69) is 10.6 Å². The quantitative estimate of drug-likeness (QED) is 0.759. The van der Waals surface area contributed by atoms with E-state index in [0.717, 1.165) is 45.4 Å². The Kier molecular flexibility index (Phi) is 4.97. The van der Waals surface area contributed by atoms with Gasteiger partial charge in [-0.25, -0.2) is 0 Å². The maximum Gasteiger partial charge on any atom is 0.225 e. The van der Waals surface area contributed by atoms with Crippen molar-refractivity contribution in [1.29, 1.82) is 0 Å². The highest BCUT2D eigenvalue weighted by atomic mass is 16.5. The zero-order valence-electron chi connectivity index (χ0n) is 11.2. The summed E-state index contributed by atoms with van der Waals surface area (Å²) in [4.78, 5) is 12.0. The van der Waals surface area contributed by atoms with E-state index in [1.165, 1.54) is 0 Å². The third-order valence-corrected chi connectivity index (χ3v) is 4.06. The molecule has 1 atom stereocenters. The Labute approximate surface area is 109 Å². The van der Waals surface area contributed by atoms with Crippen molar-refractivity contribution >= 4 is 5.91 Å². The summed E-state index contributed by atoms with van der Waals surface area (Å²) in [5, 5.41) is 6.35. The lowest BCUT2D eigenvalue weighted by Gasteiger charge is -2.37. The molecule has 2 fully saturated rings. The fourth-order valence-electron chi connectivity index (χ4n) is 2.68. The van der Waals surface area contributed by atoms with E-state index in [1.807, 2.05) is 0 Å². The molecule has 1 amide bonds. The second-order valence-electron chi connectivity index (χ2n) is 5.27. The molecule has 0 aromatic carbocycles. The summed E-state index contributed by atoms with van der Waals surface area (Å²) < 4.78 is 11.0. The standard InChI is InChI=1S/C13H24N2O3/c1-17-13(4-6-14-7-5-13)10-15-12(16)11-3-2-8-18-9-11/h11,14H,2-10H2,1H3,(H,15,16). The minimum atomic E-state index is -0.184. The molecule has 1 unspecified atom stereocenters. The van der Waals surface area contributed by atoms with Gasteiger partial charge in [0, 0.05) is 20.3 Å². The highest BCUT2D eigenvalue weighted by Gasteiger charge is 2.33. The van der Waals surface area contributed by atoms with Crippen molar-refractivity contribution in [2.24, 2.45) is 5.92 Å². The number of rotatable bonds is 4. The third kappa shape index (κ3) is 3.43. The lowest BCUT2D eigenvalue weighted by molar-refractivity contribution is -0.131. The topological polar surface area (TPSA) is 59.6 Å². The SMILES string of the molecule is COC1(CNC(=O)C2CCCOC2)CCNCC1. The summed E-state index contributed by atoms with van der Waals surface area (Å²) in [6.07, 6.45) is 3.82. The highest BCUT2D eigenvalue weighted by Crippen LogP contribution is 2.22. The highest BCUT2D eigenvalue weighted by molar-refractivity contribution is 5.78. The Balaban J connectivity index is 1.79. The second-order valence-corrected chi connectivity index (χ2v) is 5.27. The Morgan fingerprint density at radius 1 is 1.50 bits per heavy atom. The van der Waals surface area contributed by atoms with E-state index in [0.29, 0.717) is 13.2 Å². The largest absolute Gasteiger partial charge is 0.381 e. The number of carbonyl (C=O) groups is 1. The van der Waals surface area contributed by atoms with Gasteiger partial charge in [0.05, 0.1) is 18.1 Å². The predicted molar refractivity (Wildman–Crippen MR) is 68.4 cm³/mol. The molecule has 0 bridgehead atoms. The number of ether oxygens (including phenoxy) is 2. The molecule has 0 spiro atoms. The molecule has 0 radical (unpaired) electrons. The lowest BCUT2D eigenvalue weighted by atomic mass is 9.91. The minimum Gasteiger partial charge on any atom is -0.381 e. The van der Waals surface area contributed by atoms with E-state index in [4.69, 9.17) is 9.47 Å². The van der Waals surface area contributed by atoms with Crippen LogP contribution in [0.5, 0.6) is 0 Å². The monoisotopic (exact) mass is 256 g/mol. The fraction of sp³-hybridized carbons (Fsp3) is 0.923. The summed E-state index contributed by atoms with van der Waals surface area (Å²) >= 11 is 0. The molecule has 0 aromatic rings. The number of nitrogens with one attached hydrogen (secondary N) is 2. The van der Waals surface area contributed by atoms with Gasteiger partial charge in [0.25, 0.3) is 0 Å². The van der Waals surface area contributed by atoms with Crippen LogP contribution in [0.4, 0.5) is 0 Å². The van der Waals surface area contributed by atoms with Gasteiger partial charge in [0.15, 0.2) is 0 Å². The van der Waals surface area contributed by atoms with Gasteiger partial charge in [-0.15, -0.1) is 0 Å². The van der Waals surface area contributed by atoms with E-state index < -0.39 is 0 Å². The van der Waals surface area contributed by atoms with Gasteiger partial charge >= 0.3 is 0 Å². The van der Waals surface area contributed by atoms with E-state index in [-0.39, 0.29) is 17.4 Å². The van der Waals surface area contributed by atoms with E-state index in [1.54, 1.807) is 7.11 Å². The molecule has 2 heterocycles. The molecule has 0 aromatic heterocycles. The normalized spacial score (nSPS) is 27.7. The summed E-state index contributed by atoms with van der Waals surface area (Å²) in [6, 6.07) is 0. The van der Waals surface area contributed by atoms with Gasteiger partial charge in [0.2, 0.25) is 5.91 Å². The molecule has 2 aliphatic heterocycles. The third-order valence-electron chi connectivity index (χ3n) is 4.06. The predicted octanol–water partition coefficient (Wildman–Crippen LogP) is 0.298. The molecule has 104 valence electrons. The first kappa shape index (κ1) is 13.8. The zero-order chi connectivity index (χ0) is 12.8. The van der Waals surface area contributed by atoms with Crippen LogP contribution in [-0.4, -0.2) is 51.5 Å². The van der Waals surface area contributed by atoms with Crippen molar-refractivity contribution in [3.63, 3.8) is 0 Å². The minimum absolute atomic E-state index is 0.0226. The van der Waals surface area contributed by atoms with Crippen LogP contribution in [0.25, 0.3) is 0 Å². The van der Waals surface area contributed by atoms with Gasteiger partial charge in [-0.3, -0.25) is 4.79 Å². The molecule has 2 aliphatic rings. The van der Waals surface area contributed by atoms with Crippen LogP contribution in [0.1, 0.15) is 25.7 Å². The van der Waals surface area contributed by atoms with Crippen molar-refractivity contribution in [1.82, 2.24) is 10.6 Å². The number of carbonyl (C=O) groups excluding carboxylic acids is 1. The van der Waals surface area contributed by atoms with Crippen LogP contribution in [0.2, 0.25) is 0 Å². The molecular formula is C13H24N2O3. The molecule has 2 saturated heterocycles. The first-order valence-electron chi connectivity index (χ1n) is 6.87. The average Bonchev–Trinajstić information content (AvgIpc) is 2.47. The molecule has 0 saturated carbocycles. The van der Waals surface area contributed by atoms with Crippen molar-refractivity contribution in [2.45, 2.75) is 31.3 Å². The Morgan fingerprint density at radius 2 is 2.28 bits per heavy atom. The number of hydrogen-bond donors (Lipinski definition) is 2. The molecule has 2 N–H and O–H groups in total. The number of amides is 1. The van der Waals surface area contributed by atoms with Gasteiger partial charge in [0.1, 0.15) is 0 Å². The van der Waals surface area contributed by atoms with Gasteiger partial charge in [-0.1, -0.05) is 0 Å². The number of hydrogen-bond acceptors (Lipinski definition) is 4. The molecule has 5 nitrogen and oxygen atoms in total. The van der Waals surface area contributed by atoms with Crippen LogP contribution in [0, 0.1) is 5.92 Å². The number of methoxy groups -OCH3 is 1. The maximum absolute atomic E-state index is 12.0. The molecular weight excluding hydrogens is 232 g/mol.